The largest absolute Gasteiger partial charge is 0.455 e. The van der Waals surface area contributed by atoms with Gasteiger partial charge < -0.3 is 9.32 Å². The summed E-state index contributed by atoms with van der Waals surface area (Å²) in [6, 6.07) is 103. The van der Waals surface area contributed by atoms with Gasteiger partial charge in [-0.25, -0.2) is 0 Å². The highest BCUT2D eigenvalue weighted by Crippen LogP contribution is 2.45. The number of benzene rings is 12. The van der Waals surface area contributed by atoms with Crippen LogP contribution in [0.4, 0.5) is 17.1 Å². The molecule has 12 aromatic carbocycles. The third-order valence-electron chi connectivity index (χ3n) is 14.1. The zero-order chi connectivity index (χ0) is 47.8. The molecule has 0 amide bonds. The van der Waals surface area contributed by atoms with Gasteiger partial charge in [-0.1, -0.05) is 243 Å². The molecule has 0 saturated carbocycles. The number of nitrogens with zero attached hydrogens (tertiary/aromatic N) is 1. The van der Waals surface area contributed by atoms with Gasteiger partial charge in [-0.05, 0) is 120 Å². The lowest BCUT2D eigenvalue weighted by molar-refractivity contribution is 0.632. The summed E-state index contributed by atoms with van der Waals surface area (Å²) in [7, 11) is 0. The number of hydrogen-bond donors (Lipinski definition) is 0. The molecule has 72 heavy (non-hydrogen) atoms. The second-order valence-electron chi connectivity index (χ2n) is 18.4. The molecular formula is C70H47NO. The Balaban J connectivity index is 0.853. The van der Waals surface area contributed by atoms with E-state index in [0.717, 1.165) is 78.3 Å². The molecule has 0 N–H and O–H groups in total. The van der Waals surface area contributed by atoms with Crippen molar-refractivity contribution >= 4 is 49.6 Å². The molecule has 0 atom stereocenters. The summed E-state index contributed by atoms with van der Waals surface area (Å²) in [6.45, 7) is 0. The fraction of sp³-hybridized carbons (Fsp3) is 0. The summed E-state index contributed by atoms with van der Waals surface area (Å²) >= 11 is 0. The SMILES string of the molecule is c1ccc(-c2ccccc2-c2ccccc2-c2ccc(N(c3ccc(-c4ccc(-c5cccc(-c6oc7ccccc7c6-c6ccccc6)c5)cc4)cc3)c3cc4ccccc4c4ccccc34)cc2)cc1. The van der Waals surface area contributed by atoms with E-state index in [1.807, 2.05) is 6.07 Å². The number of rotatable bonds is 10. The summed E-state index contributed by atoms with van der Waals surface area (Å²) in [4.78, 5) is 2.42. The van der Waals surface area contributed by atoms with Crippen LogP contribution >= 0.6 is 0 Å². The molecule has 2 nitrogen and oxygen atoms in total. The van der Waals surface area contributed by atoms with Crippen molar-refractivity contribution in [3.63, 3.8) is 0 Å². The van der Waals surface area contributed by atoms with Crippen molar-refractivity contribution in [3.05, 3.63) is 285 Å². The average Bonchev–Trinajstić information content (AvgIpc) is 3.86. The second-order valence-corrected chi connectivity index (χ2v) is 18.4. The van der Waals surface area contributed by atoms with Crippen molar-refractivity contribution in [2.45, 2.75) is 0 Å². The van der Waals surface area contributed by atoms with Crippen molar-refractivity contribution in [1.29, 1.82) is 0 Å². The minimum atomic E-state index is 0.883. The summed E-state index contributed by atoms with van der Waals surface area (Å²) in [5.41, 5.74) is 19.3. The van der Waals surface area contributed by atoms with Gasteiger partial charge in [0.15, 0.2) is 0 Å². The quantitative estimate of drug-likeness (QED) is 0.127. The topological polar surface area (TPSA) is 16.4 Å². The van der Waals surface area contributed by atoms with Gasteiger partial charge in [-0.15, -0.1) is 0 Å². The van der Waals surface area contributed by atoms with Crippen molar-refractivity contribution in [1.82, 2.24) is 0 Å². The minimum Gasteiger partial charge on any atom is -0.455 e. The number of para-hydroxylation sites is 1. The molecule has 13 rings (SSSR count). The number of fused-ring (bicyclic) bond motifs is 4. The van der Waals surface area contributed by atoms with Crippen LogP contribution in [0.5, 0.6) is 0 Å². The molecule has 0 aliphatic heterocycles. The van der Waals surface area contributed by atoms with Crippen LogP contribution in [0.15, 0.2) is 290 Å². The van der Waals surface area contributed by atoms with Crippen LogP contribution in [0, 0.1) is 0 Å². The Morgan fingerprint density at radius 1 is 0.250 bits per heavy atom. The molecule has 0 bridgehead atoms. The second kappa shape index (κ2) is 18.4. The van der Waals surface area contributed by atoms with Crippen molar-refractivity contribution < 1.29 is 4.42 Å². The zero-order valence-electron chi connectivity index (χ0n) is 39.5. The fourth-order valence-electron chi connectivity index (χ4n) is 10.6. The lowest BCUT2D eigenvalue weighted by Gasteiger charge is -2.28. The molecule has 338 valence electrons. The molecule has 0 aliphatic rings. The third kappa shape index (κ3) is 7.82. The van der Waals surface area contributed by atoms with E-state index in [4.69, 9.17) is 4.42 Å². The van der Waals surface area contributed by atoms with E-state index in [1.165, 1.54) is 49.4 Å². The first-order valence-corrected chi connectivity index (χ1v) is 24.7. The zero-order valence-corrected chi connectivity index (χ0v) is 39.5. The van der Waals surface area contributed by atoms with Gasteiger partial charge in [0.1, 0.15) is 11.3 Å². The molecule has 13 aromatic rings. The first-order chi connectivity index (χ1) is 35.7. The molecule has 0 saturated heterocycles. The molecule has 1 aromatic heterocycles. The predicted molar refractivity (Wildman–Crippen MR) is 304 cm³/mol. The molecular weight excluding hydrogens is 871 g/mol. The van der Waals surface area contributed by atoms with Crippen molar-refractivity contribution in [2.24, 2.45) is 0 Å². The Kier molecular flexibility index (Phi) is 10.9. The Bertz CT molecular complexity index is 4060. The van der Waals surface area contributed by atoms with Crippen molar-refractivity contribution in [2.75, 3.05) is 4.90 Å². The van der Waals surface area contributed by atoms with E-state index in [-0.39, 0.29) is 0 Å². The van der Waals surface area contributed by atoms with Crippen molar-refractivity contribution in [3.8, 4) is 78.1 Å². The van der Waals surface area contributed by atoms with Crippen LogP contribution in [0.25, 0.3) is 111 Å². The monoisotopic (exact) mass is 917 g/mol. The molecule has 0 radical (unpaired) electrons. The summed E-state index contributed by atoms with van der Waals surface area (Å²) in [5, 5.41) is 6.00. The Labute approximate surface area is 420 Å². The highest BCUT2D eigenvalue weighted by Gasteiger charge is 2.21. The Morgan fingerprint density at radius 2 is 0.681 bits per heavy atom. The number of furan rings is 1. The minimum absolute atomic E-state index is 0.883. The van der Waals surface area contributed by atoms with Gasteiger partial charge in [0.25, 0.3) is 0 Å². The third-order valence-corrected chi connectivity index (χ3v) is 14.1. The van der Waals surface area contributed by atoms with Gasteiger partial charge in [-0.3, -0.25) is 0 Å². The molecule has 0 spiro atoms. The summed E-state index contributed by atoms with van der Waals surface area (Å²) in [6.07, 6.45) is 0. The van der Waals surface area contributed by atoms with Crippen LogP contribution in [0.1, 0.15) is 0 Å². The Morgan fingerprint density at radius 3 is 1.32 bits per heavy atom. The average molecular weight is 918 g/mol. The molecule has 0 fully saturated rings. The lowest BCUT2D eigenvalue weighted by atomic mass is 9.89. The summed E-state index contributed by atoms with van der Waals surface area (Å²) < 4.78 is 6.59. The van der Waals surface area contributed by atoms with E-state index in [2.05, 4.69) is 284 Å². The highest BCUT2D eigenvalue weighted by atomic mass is 16.3. The highest BCUT2D eigenvalue weighted by molar-refractivity contribution is 6.14. The molecule has 1 heterocycles. The first-order valence-electron chi connectivity index (χ1n) is 24.7. The van der Waals surface area contributed by atoms with E-state index in [1.54, 1.807) is 0 Å². The van der Waals surface area contributed by atoms with E-state index < -0.39 is 0 Å². The Hall–Kier alpha value is -9.50. The van der Waals surface area contributed by atoms with Gasteiger partial charge in [0.05, 0.1) is 5.69 Å². The van der Waals surface area contributed by atoms with Crippen LogP contribution in [0.3, 0.4) is 0 Å². The van der Waals surface area contributed by atoms with Gasteiger partial charge >= 0.3 is 0 Å². The maximum atomic E-state index is 6.59. The molecule has 0 aliphatic carbocycles. The van der Waals surface area contributed by atoms with Crippen LogP contribution in [-0.2, 0) is 0 Å². The van der Waals surface area contributed by atoms with Gasteiger partial charge in [0.2, 0.25) is 0 Å². The number of hydrogen-bond acceptors (Lipinski definition) is 2. The molecule has 0 unspecified atom stereocenters. The van der Waals surface area contributed by atoms with Crippen LogP contribution < -0.4 is 4.90 Å². The van der Waals surface area contributed by atoms with Crippen LogP contribution in [0.2, 0.25) is 0 Å². The smallest absolute Gasteiger partial charge is 0.143 e. The predicted octanol–water partition coefficient (Wildman–Crippen LogP) is 19.9. The first kappa shape index (κ1) is 42.6. The standard InChI is InChI=1S/C70H47NO/c1-3-18-51(19-4-1)59-25-9-11-28-62(59)63-29-12-10-26-60(63)52-40-44-58(45-41-52)71(67-47-55-22-7-8-27-61(55)64-30-13-14-31-65(64)67)57-42-38-49(39-43-57)48-34-36-50(37-35-48)54-23-17-24-56(46-54)70-69(53-20-5-2-6-21-53)66-32-15-16-33-68(66)72-70/h1-47H. The normalized spacial score (nSPS) is 11.3. The van der Waals surface area contributed by atoms with E-state index >= 15 is 0 Å². The van der Waals surface area contributed by atoms with Gasteiger partial charge in [0, 0.05) is 33.3 Å². The maximum Gasteiger partial charge on any atom is 0.143 e. The number of anilines is 3. The lowest BCUT2D eigenvalue weighted by Crippen LogP contribution is -2.10. The van der Waals surface area contributed by atoms with E-state index in [0.29, 0.717) is 0 Å². The van der Waals surface area contributed by atoms with E-state index in [9.17, 15) is 0 Å². The van der Waals surface area contributed by atoms with Gasteiger partial charge in [-0.2, -0.15) is 0 Å². The summed E-state index contributed by atoms with van der Waals surface area (Å²) in [5.74, 6) is 0.883. The maximum absolute atomic E-state index is 6.59. The van der Waals surface area contributed by atoms with Crippen LogP contribution in [-0.4, -0.2) is 0 Å². The molecule has 2 heteroatoms. The fourth-order valence-corrected chi connectivity index (χ4v) is 10.6.